The van der Waals surface area contributed by atoms with Crippen molar-refractivity contribution in [2.24, 2.45) is 0 Å². The molecule has 0 saturated heterocycles. The van der Waals surface area contributed by atoms with E-state index in [4.69, 9.17) is 0 Å². The first-order chi connectivity index (χ1) is 13.5. The zero-order chi connectivity index (χ0) is 19.7. The molecule has 2 heterocycles. The highest BCUT2D eigenvalue weighted by molar-refractivity contribution is 5.97. The molecule has 0 bridgehead atoms. The van der Waals surface area contributed by atoms with Crippen LogP contribution in [-0.4, -0.2) is 15.5 Å². The Labute approximate surface area is 162 Å². The van der Waals surface area contributed by atoms with Crippen LogP contribution in [0.2, 0.25) is 0 Å². The summed E-state index contributed by atoms with van der Waals surface area (Å²) in [6.07, 6.45) is 3.88. The number of carbonyl (C=O) groups excluding carboxylic acids is 1. The lowest BCUT2D eigenvalue weighted by atomic mass is 10.1. The molecule has 2 aromatic carbocycles. The molecule has 0 spiro atoms. The van der Waals surface area contributed by atoms with E-state index in [0.29, 0.717) is 23.0 Å². The molecule has 1 aliphatic heterocycles. The molecule has 1 aromatic heterocycles. The highest BCUT2D eigenvalue weighted by atomic mass is 19.1. The predicted molar refractivity (Wildman–Crippen MR) is 106 cm³/mol. The molecule has 1 atom stereocenters. The third-order valence-corrected chi connectivity index (χ3v) is 5.30. The smallest absolute Gasteiger partial charge is 0.261 e. The Morgan fingerprint density at radius 1 is 1.14 bits per heavy atom. The first-order valence-corrected chi connectivity index (χ1v) is 9.63. The van der Waals surface area contributed by atoms with Gasteiger partial charge in [-0.2, -0.15) is 0 Å². The van der Waals surface area contributed by atoms with Gasteiger partial charge in [0, 0.05) is 18.5 Å². The van der Waals surface area contributed by atoms with Crippen LogP contribution < -0.4 is 10.9 Å². The molecular weight excluding hydrogens is 357 g/mol. The average molecular weight is 379 g/mol. The Morgan fingerprint density at radius 2 is 1.93 bits per heavy atom. The van der Waals surface area contributed by atoms with Crippen LogP contribution in [0.5, 0.6) is 0 Å². The van der Waals surface area contributed by atoms with Gasteiger partial charge in [0.25, 0.3) is 11.5 Å². The molecule has 0 radical (unpaired) electrons. The second-order valence-electron chi connectivity index (χ2n) is 7.27. The lowest BCUT2D eigenvalue weighted by molar-refractivity contribution is 0.0940. The highest BCUT2D eigenvalue weighted by Crippen LogP contribution is 2.18. The van der Waals surface area contributed by atoms with Gasteiger partial charge < -0.3 is 5.32 Å². The number of carbonyl (C=O) groups is 1. The first-order valence-electron chi connectivity index (χ1n) is 9.63. The van der Waals surface area contributed by atoms with Crippen molar-refractivity contribution < 1.29 is 9.18 Å². The van der Waals surface area contributed by atoms with Crippen LogP contribution >= 0.6 is 0 Å². The lowest BCUT2D eigenvalue weighted by Gasteiger charge is -2.15. The molecule has 4 rings (SSSR count). The number of amides is 1. The van der Waals surface area contributed by atoms with Crippen LogP contribution in [0.25, 0.3) is 10.9 Å². The molecule has 0 aliphatic carbocycles. The summed E-state index contributed by atoms with van der Waals surface area (Å²) in [5, 5.41) is 3.45. The fraction of sp³-hybridized carbons (Fsp3) is 0.318. The number of rotatable bonds is 3. The average Bonchev–Trinajstić information content (AvgIpc) is 2.94. The van der Waals surface area contributed by atoms with Gasteiger partial charge in [-0.25, -0.2) is 9.37 Å². The Morgan fingerprint density at radius 3 is 2.71 bits per heavy atom. The van der Waals surface area contributed by atoms with E-state index in [9.17, 15) is 14.0 Å². The molecule has 6 heteroatoms. The minimum Gasteiger partial charge on any atom is -0.346 e. The van der Waals surface area contributed by atoms with Crippen molar-refractivity contribution in [3.63, 3.8) is 0 Å². The Kier molecular flexibility index (Phi) is 4.94. The van der Waals surface area contributed by atoms with Gasteiger partial charge in [0.1, 0.15) is 11.6 Å². The van der Waals surface area contributed by atoms with Crippen molar-refractivity contribution in [1.29, 1.82) is 0 Å². The summed E-state index contributed by atoms with van der Waals surface area (Å²) < 4.78 is 14.9. The molecular formula is C22H22FN3O2. The highest BCUT2D eigenvalue weighted by Gasteiger charge is 2.16. The number of hydrogen-bond acceptors (Lipinski definition) is 3. The summed E-state index contributed by atoms with van der Waals surface area (Å²) >= 11 is 0. The van der Waals surface area contributed by atoms with E-state index in [1.807, 2.05) is 6.92 Å². The van der Waals surface area contributed by atoms with Crippen LogP contribution in [0.1, 0.15) is 54.0 Å². The quantitative estimate of drug-likeness (QED) is 0.754. The summed E-state index contributed by atoms with van der Waals surface area (Å²) in [5.74, 6) is 0.233. The summed E-state index contributed by atoms with van der Waals surface area (Å²) in [4.78, 5) is 30.1. The molecule has 0 fully saturated rings. The number of fused-ring (bicyclic) bond motifs is 2. The number of aromatic nitrogens is 2. The van der Waals surface area contributed by atoms with Crippen LogP contribution in [0.3, 0.4) is 0 Å². The maximum atomic E-state index is 13.1. The van der Waals surface area contributed by atoms with Crippen LogP contribution in [0.15, 0.2) is 47.3 Å². The van der Waals surface area contributed by atoms with E-state index in [2.05, 4.69) is 10.3 Å². The monoisotopic (exact) mass is 379 g/mol. The zero-order valence-electron chi connectivity index (χ0n) is 15.7. The number of hydrogen-bond donors (Lipinski definition) is 1. The number of benzene rings is 2. The maximum Gasteiger partial charge on any atom is 0.261 e. The standard InChI is InChI=1S/C22H22FN3O2/c1-14(15-6-9-17(23)10-7-15)24-21(27)16-8-11-18-19(13-16)25-20-5-3-2-4-12-26(20)22(18)28/h6-11,13-14H,2-5,12H2,1H3,(H,24,27)/t14-/m1/s1. The second-order valence-corrected chi connectivity index (χ2v) is 7.27. The van der Waals surface area contributed by atoms with Crippen molar-refractivity contribution in [3.8, 4) is 0 Å². The molecule has 1 amide bonds. The maximum absolute atomic E-state index is 13.1. The lowest BCUT2D eigenvalue weighted by Crippen LogP contribution is -2.27. The number of nitrogens with zero attached hydrogens (tertiary/aromatic N) is 2. The Balaban J connectivity index is 1.62. The first kappa shape index (κ1) is 18.3. The minimum absolute atomic E-state index is 0.0338. The van der Waals surface area contributed by atoms with Crippen molar-refractivity contribution in [2.75, 3.05) is 0 Å². The van der Waals surface area contributed by atoms with Gasteiger partial charge >= 0.3 is 0 Å². The zero-order valence-corrected chi connectivity index (χ0v) is 15.7. The molecule has 5 nitrogen and oxygen atoms in total. The number of halogens is 1. The topological polar surface area (TPSA) is 64.0 Å². The Bertz CT molecular complexity index is 1090. The van der Waals surface area contributed by atoms with Gasteiger partial charge in [-0.15, -0.1) is 0 Å². The summed E-state index contributed by atoms with van der Waals surface area (Å²) in [6, 6.07) is 10.8. The molecule has 28 heavy (non-hydrogen) atoms. The largest absolute Gasteiger partial charge is 0.346 e. The van der Waals surface area contributed by atoms with E-state index in [-0.39, 0.29) is 23.3 Å². The van der Waals surface area contributed by atoms with Gasteiger partial charge in [0.2, 0.25) is 0 Å². The third kappa shape index (κ3) is 3.54. The normalized spacial score (nSPS) is 14.9. The Hall–Kier alpha value is -3.02. The summed E-state index contributed by atoms with van der Waals surface area (Å²) in [6.45, 7) is 2.55. The summed E-state index contributed by atoms with van der Waals surface area (Å²) in [5.41, 5.74) is 1.79. The van der Waals surface area contributed by atoms with Gasteiger partial charge in [-0.3, -0.25) is 14.2 Å². The van der Waals surface area contributed by atoms with Gasteiger partial charge in [0.05, 0.1) is 16.9 Å². The second kappa shape index (κ2) is 7.54. The SMILES string of the molecule is C[C@@H](NC(=O)c1ccc2c(=O)n3c(nc2c1)CCCCC3)c1ccc(F)cc1. The van der Waals surface area contributed by atoms with E-state index in [1.54, 1.807) is 34.9 Å². The van der Waals surface area contributed by atoms with Gasteiger partial charge in [0.15, 0.2) is 0 Å². The number of nitrogens with one attached hydrogen (secondary N) is 1. The molecule has 0 saturated carbocycles. The van der Waals surface area contributed by atoms with Crippen LogP contribution in [0, 0.1) is 5.82 Å². The third-order valence-electron chi connectivity index (χ3n) is 5.30. The van der Waals surface area contributed by atoms with E-state index in [0.717, 1.165) is 37.1 Å². The van der Waals surface area contributed by atoms with Crippen LogP contribution in [0.4, 0.5) is 4.39 Å². The molecule has 3 aromatic rings. The van der Waals surface area contributed by atoms with E-state index < -0.39 is 0 Å². The minimum atomic E-state index is -0.312. The van der Waals surface area contributed by atoms with Crippen molar-refractivity contribution in [3.05, 3.63) is 75.6 Å². The van der Waals surface area contributed by atoms with Gasteiger partial charge in [-0.1, -0.05) is 18.6 Å². The molecule has 0 unspecified atom stereocenters. The van der Waals surface area contributed by atoms with Crippen LogP contribution in [-0.2, 0) is 13.0 Å². The molecule has 1 N–H and O–H groups in total. The van der Waals surface area contributed by atoms with Crippen molar-refractivity contribution in [1.82, 2.24) is 14.9 Å². The van der Waals surface area contributed by atoms with E-state index >= 15 is 0 Å². The fourth-order valence-corrected chi connectivity index (χ4v) is 3.67. The molecule has 1 aliphatic rings. The molecule has 144 valence electrons. The van der Waals surface area contributed by atoms with E-state index in [1.165, 1.54) is 12.1 Å². The van der Waals surface area contributed by atoms with Gasteiger partial charge in [-0.05, 0) is 55.7 Å². The van der Waals surface area contributed by atoms with Crippen molar-refractivity contribution in [2.45, 2.75) is 45.2 Å². The van der Waals surface area contributed by atoms with Crippen molar-refractivity contribution >= 4 is 16.8 Å². The summed E-state index contributed by atoms with van der Waals surface area (Å²) in [7, 11) is 0. The number of aryl methyl sites for hydroxylation is 1. The predicted octanol–water partition coefficient (Wildman–Crippen LogP) is 3.75. The fourth-order valence-electron chi connectivity index (χ4n) is 3.67.